The van der Waals surface area contributed by atoms with E-state index in [2.05, 4.69) is 16.0 Å². The molecule has 0 aliphatic rings. The lowest BCUT2D eigenvalue weighted by Crippen LogP contribution is -2.54. The summed E-state index contributed by atoms with van der Waals surface area (Å²) in [5.74, 6) is -0.736. The van der Waals surface area contributed by atoms with Crippen LogP contribution in [-0.2, 0) is 41.8 Å². The second-order valence-corrected chi connectivity index (χ2v) is 14.3. The summed E-state index contributed by atoms with van der Waals surface area (Å²) in [6.07, 6.45) is -3.00. The summed E-state index contributed by atoms with van der Waals surface area (Å²) in [6.45, 7) is 0.563. The molecule has 0 bridgehead atoms. The Morgan fingerprint density at radius 1 is 0.475 bits per heavy atom. The number of benzene rings is 5. The minimum atomic E-state index is -1.20. The number of amides is 3. The molecule has 0 aromatic heterocycles. The van der Waals surface area contributed by atoms with Crippen LogP contribution in [0.5, 0.6) is 5.75 Å². The van der Waals surface area contributed by atoms with Gasteiger partial charge in [-0.1, -0.05) is 133 Å². The molecular weight excluding hydrogens is 753 g/mol. The van der Waals surface area contributed by atoms with Gasteiger partial charge in [0.25, 0.3) is 0 Å². The monoisotopic (exact) mass is 802 g/mol. The normalized spacial score (nSPS) is 13.0. The van der Waals surface area contributed by atoms with E-state index in [-0.39, 0.29) is 39.1 Å². The van der Waals surface area contributed by atoms with Crippen molar-refractivity contribution < 1.29 is 44.0 Å². The first-order valence-electron chi connectivity index (χ1n) is 19.4. The minimum absolute atomic E-state index is 0.0340. The predicted molar refractivity (Wildman–Crippen MR) is 223 cm³/mol. The van der Waals surface area contributed by atoms with Crippen LogP contribution in [0.25, 0.3) is 0 Å². The lowest BCUT2D eigenvalue weighted by molar-refractivity contribution is -0.145. The number of nitrogens with one attached hydrogen (secondary N) is 3. The molecule has 0 aliphatic heterocycles. The first kappa shape index (κ1) is 43.3. The van der Waals surface area contributed by atoms with Crippen LogP contribution in [0.4, 0.5) is 14.4 Å². The van der Waals surface area contributed by atoms with Crippen LogP contribution in [0.15, 0.2) is 146 Å². The highest BCUT2D eigenvalue weighted by molar-refractivity contribution is 5.73. The quantitative estimate of drug-likeness (QED) is 0.0442. The van der Waals surface area contributed by atoms with E-state index in [0.717, 1.165) is 27.8 Å². The molecule has 59 heavy (non-hydrogen) atoms. The number of carbonyl (C=O) groups excluding carboxylic acids is 1. The Balaban J connectivity index is 1.40. The smallest absolute Gasteiger partial charge is 0.407 e. The third kappa shape index (κ3) is 15.9. The number of hydrogen-bond acceptors (Lipinski definition) is 7. The predicted octanol–water partition coefficient (Wildman–Crippen LogP) is 6.66. The largest absolute Gasteiger partial charge is 0.478 e. The van der Waals surface area contributed by atoms with Gasteiger partial charge < -0.3 is 40.7 Å². The third-order valence-electron chi connectivity index (χ3n) is 9.50. The molecule has 4 unspecified atom stereocenters. The van der Waals surface area contributed by atoms with E-state index < -0.39 is 48.5 Å². The van der Waals surface area contributed by atoms with Gasteiger partial charge in [-0.3, -0.25) is 4.90 Å². The van der Waals surface area contributed by atoms with Crippen molar-refractivity contribution in [3.8, 4) is 5.75 Å². The van der Waals surface area contributed by atoms with Gasteiger partial charge in [-0.25, -0.2) is 19.2 Å². The van der Waals surface area contributed by atoms with Crippen LogP contribution in [-0.4, -0.2) is 88.3 Å². The number of ether oxygens (including phenoxy) is 2. The molecule has 0 spiro atoms. The molecule has 4 atom stereocenters. The second kappa shape index (κ2) is 22.8. The summed E-state index contributed by atoms with van der Waals surface area (Å²) in [5.41, 5.74) is 4.23. The number of carboxylic acid groups (broad SMARTS) is 3. The first-order valence-corrected chi connectivity index (χ1v) is 19.4. The molecule has 13 heteroatoms. The van der Waals surface area contributed by atoms with Crippen molar-refractivity contribution in [1.29, 1.82) is 0 Å². The average molecular weight is 803 g/mol. The van der Waals surface area contributed by atoms with Gasteiger partial charge in [-0.05, 0) is 59.2 Å². The zero-order chi connectivity index (χ0) is 41.8. The van der Waals surface area contributed by atoms with Crippen molar-refractivity contribution >= 4 is 24.2 Å². The topological polar surface area (TPSA) is 187 Å². The molecule has 0 aliphatic carbocycles. The van der Waals surface area contributed by atoms with Gasteiger partial charge in [0.2, 0.25) is 0 Å². The van der Waals surface area contributed by atoms with E-state index in [0.29, 0.717) is 18.6 Å². The Morgan fingerprint density at radius 2 is 0.847 bits per heavy atom. The highest BCUT2D eigenvalue weighted by Gasteiger charge is 2.26. The number of hydrogen-bond donors (Lipinski definition) is 6. The van der Waals surface area contributed by atoms with E-state index in [1.54, 1.807) is 24.3 Å². The molecule has 0 saturated heterocycles. The maximum absolute atomic E-state index is 13.4. The molecule has 0 fully saturated rings. The van der Waals surface area contributed by atoms with Crippen molar-refractivity contribution in [3.05, 3.63) is 173 Å². The fourth-order valence-corrected chi connectivity index (χ4v) is 6.88. The number of rotatable bonds is 22. The Morgan fingerprint density at radius 3 is 1.25 bits per heavy atom. The molecule has 308 valence electrons. The van der Waals surface area contributed by atoms with E-state index >= 15 is 0 Å². The summed E-state index contributed by atoms with van der Waals surface area (Å²) in [6, 6.07) is 42.5. The van der Waals surface area contributed by atoms with Crippen LogP contribution in [0.1, 0.15) is 27.8 Å². The van der Waals surface area contributed by atoms with E-state index in [1.807, 2.05) is 126 Å². The Bertz CT molecular complexity index is 1980. The molecule has 6 N–H and O–H groups in total. The van der Waals surface area contributed by atoms with Gasteiger partial charge in [0, 0.05) is 44.2 Å². The van der Waals surface area contributed by atoms with Crippen LogP contribution in [0, 0.1) is 0 Å². The number of aliphatic carboxylic acids is 1. The van der Waals surface area contributed by atoms with Crippen molar-refractivity contribution in [2.45, 2.75) is 56.5 Å². The fourth-order valence-electron chi connectivity index (χ4n) is 6.88. The van der Waals surface area contributed by atoms with Crippen molar-refractivity contribution in [2.75, 3.05) is 19.6 Å². The van der Waals surface area contributed by atoms with Crippen LogP contribution < -0.4 is 20.7 Å². The lowest BCUT2D eigenvalue weighted by Gasteiger charge is -2.34. The summed E-state index contributed by atoms with van der Waals surface area (Å²) >= 11 is 0. The Labute approximate surface area is 343 Å². The number of carboxylic acids is 1. The summed E-state index contributed by atoms with van der Waals surface area (Å²) in [4.78, 5) is 51.6. The zero-order valence-corrected chi connectivity index (χ0v) is 32.6. The second-order valence-electron chi connectivity index (χ2n) is 14.3. The van der Waals surface area contributed by atoms with Gasteiger partial charge in [0.15, 0.2) is 6.10 Å². The van der Waals surface area contributed by atoms with E-state index in [4.69, 9.17) is 9.47 Å². The lowest BCUT2D eigenvalue weighted by atomic mass is 10.0. The van der Waals surface area contributed by atoms with Gasteiger partial charge >= 0.3 is 24.2 Å². The maximum Gasteiger partial charge on any atom is 0.407 e. The molecule has 0 heterocycles. The molecule has 5 aromatic rings. The number of carbonyl (C=O) groups is 4. The Kier molecular flexibility index (Phi) is 16.7. The van der Waals surface area contributed by atoms with E-state index in [9.17, 15) is 34.5 Å². The van der Waals surface area contributed by atoms with Crippen LogP contribution >= 0.6 is 0 Å². The van der Waals surface area contributed by atoms with Gasteiger partial charge in [0.1, 0.15) is 12.4 Å². The number of alkyl carbamates (subject to hydrolysis) is 1. The molecule has 3 amide bonds. The minimum Gasteiger partial charge on any atom is -0.478 e. The Hall–Kier alpha value is -6.86. The number of nitrogens with zero attached hydrogens (tertiary/aromatic N) is 1. The van der Waals surface area contributed by atoms with Gasteiger partial charge in [-0.2, -0.15) is 0 Å². The molecule has 0 radical (unpaired) electrons. The highest BCUT2D eigenvalue weighted by Crippen LogP contribution is 2.19. The SMILES string of the molecule is O=C(O)NC(Cc1ccccc1)CN(CC(Cc1ccccc1)NC(=O)O)CC(Cc1ccc(OC(Cc2ccccc2)C(=O)O)cc1)NC(=O)OCc1ccccc1. The summed E-state index contributed by atoms with van der Waals surface area (Å²) in [7, 11) is 0. The standard InChI is InChI=1S/C46H50N4O9/c51-43(52)42(28-35-17-9-3-10-18-35)59-41-23-21-36(22-24-41)27-40(49-46(57)58-32-37-19-11-4-12-20-37)31-50(29-38(47-44(53)54)25-33-13-5-1-6-14-33)30-39(48-45(55)56)26-34-15-7-2-8-16-34/h1-24,38-40,42,47-48H,25-32H2,(H,49,57)(H,51,52)(H,53,54)(H,55,56). The van der Waals surface area contributed by atoms with Gasteiger partial charge in [0.05, 0.1) is 0 Å². The van der Waals surface area contributed by atoms with Gasteiger partial charge in [-0.15, -0.1) is 0 Å². The maximum atomic E-state index is 13.4. The van der Waals surface area contributed by atoms with Crippen molar-refractivity contribution in [1.82, 2.24) is 20.9 Å². The van der Waals surface area contributed by atoms with Crippen LogP contribution in [0.3, 0.4) is 0 Å². The van der Waals surface area contributed by atoms with Crippen LogP contribution in [0.2, 0.25) is 0 Å². The molecule has 13 nitrogen and oxygen atoms in total. The third-order valence-corrected chi connectivity index (χ3v) is 9.50. The van der Waals surface area contributed by atoms with E-state index in [1.165, 1.54) is 0 Å². The average Bonchev–Trinajstić information content (AvgIpc) is 3.21. The summed E-state index contributed by atoms with van der Waals surface area (Å²) in [5, 5.41) is 37.9. The zero-order valence-electron chi connectivity index (χ0n) is 32.6. The fraction of sp³-hybridized carbons (Fsp3) is 0.261. The molecule has 5 rings (SSSR count). The summed E-state index contributed by atoms with van der Waals surface area (Å²) < 4.78 is 11.5. The molecular formula is C46H50N4O9. The van der Waals surface area contributed by atoms with Crippen molar-refractivity contribution in [2.24, 2.45) is 0 Å². The van der Waals surface area contributed by atoms with Crippen molar-refractivity contribution in [3.63, 3.8) is 0 Å². The first-order chi connectivity index (χ1) is 28.6. The highest BCUT2D eigenvalue weighted by atomic mass is 16.5. The molecule has 0 saturated carbocycles. The molecule has 5 aromatic carbocycles.